The minimum atomic E-state index is -2.68. The number of hydrogen-bond acceptors (Lipinski definition) is 5. The minimum absolute atomic E-state index is 0.0343. The van der Waals surface area contributed by atoms with Crippen LogP contribution in [0.3, 0.4) is 0 Å². The molecule has 1 aromatic heterocycles. The quantitative estimate of drug-likeness (QED) is 0.499. The lowest BCUT2D eigenvalue weighted by molar-refractivity contribution is -0.138. The van der Waals surface area contributed by atoms with Crippen LogP contribution in [0.1, 0.15) is 48.0 Å². The highest BCUT2D eigenvalue weighted by Crippen LogP contribution is 2.43. The van der Waals surface area contributed by atoms with Crippen LogP contribution in [0.4, 0.5) is 20.4 Å². The van der Waals surface area contributed by atoms with Gasteiger partial charge in [-0.1, -0.05) is 12.1 Å². The topological polar surface area (TPSA) is 90.7 Å². The number of hydrogen-bond donors (Lipinski definition) is 2. The molecule has 1 aliphatic carbocycles. The fraction of sp³-hybridized carbons (Fsp3) is 0.423. The highest BCUT2D eigenvalue weighted by atomic mass is 19.3. The lowest BCUT2D eigenvalue weighted by Crippen LogP contribution is -2.72. The Morgan fingerprint density at radius 1 is 1.17 bits per heavy atom. The number of carbonyl (C=O) groups is 2. The first-order valence-corrected chi connectivity index (χ1v) is 12.3. The van der Waals surface area contributed by atoms with Gasteiger partial charge >= 0.3 is 0 Å². The molecule has 8 nitrogen and oxygen atoms in total. The third kappa shape index (κ3) is 3.94. The van der Waals surface area contributed by atoms with E-state index in [0.717, 1.165) is 23.7 Å². The molecule has 36 heavy (non-hydrogen) atoms. The number of imidazole rings is 1. The Hall–Kier alpha value is -3.37. The number of halogens is 2. The second-order valence-corrected chi connectivity index (χ2v) is 9.75. The zero-order valence-corrected chi connectivity index (χ0v) is 19.6. The number of aryl methyl sites for hydroxylation is 1. The fourth-order valence-corrected chi connectivity index (χ4v) is 5.48. The van der Waals surface area contributed by atoms with Gasteiger partial charge in [0.2, 0.25) is 11.9 Å². The van der Waals surface area contributed by atoms with Gasteiger partial charge in [-0.05, 0) is 56.0 Å². The zero-order chi connectivity index (χ0) is 25.0. The highest BCUT2D eigenvalue weighted by Gasteiger charge is 2.55. The summed E-state index contributed by atoms with van der Waals surface area (Å²) in [6.07, 6.45) is 1.05. The molecule has 0 spiro atoms. The van der Waals surface area contributed by atoms with Crippen molar-refractivity contribution in [2.45, 2.75) is 56.8 Å². The van der Waals surface area contributed by atoms with Gasteiger partial charge in [0, 0.05) is 48.6 Å². The van der Waals surface area contributed by atoms with Crippen LogP contribution < -0.4 is 10.2 Å². The van der Waals surface area contributed by atoms with Crippen molar-refractivity contribution in [3.05, 3.63) is 53.6 Å². The molecular weight excluding hydrogens is 468 g/mol. The van der Waals surface area contributed by atoms with Gasteiger partial charge in [0.15, 0.2) is 0 Å². The maximum atomic E-state index is 13.2. The van der Waals surface area contributed by atoms with Gasteiger partial charge < -0.3 is 14.6 Å². The number of rotatable bonds is 8. The third-order valence-corrected chi connectivity index (χ3v) is 7.40. The van der Waals surface area contributed by atoms with E-state index >= 15 is 0 Å². The van der Waals surface area contributed by atoms with Gasteiger partial charge in [-0.2, -0.15) is 0 Å². The Labute approximate surface area is 206 Å². The van der Waals surface area contributed by atoms with Crippen LogP contribution in [-0.2, 0) is 11.3 Å². The van der Waals surface area contributed by atoms with Crippen molar-refractivity contribution in [1.82, 2.24) is 14.5 Å². The lowest BCUT2D eigenvalue weighted by Gasteiger charge is -2.55. The van der Waals surface area contributed by atoms with Gasteiger partial charge in [-0.15, -0.1) is 0 Å². The average Bonchev–Trinajstić information content (AvgIpc) is 3.62. The number of benzene rings is 2. The summed E-state index contributed by atoms with van der Waals surface area (Å²) in [4.78, 5) is 34.8. The molecule has 2 N–H and O–H groups in total. The predicted octanol–water partition coefficient (Wildman–Crippen LogP) is 3.56. The van der Waals surface area contributed by atoms with E-state index in [0.29, 0.717) is 37.1 Å². The Morgan fingerprint density at radius 2 is 2.00 bits per heavy atom. The maximum Gasteiger partial charge on any atom is 0.263 e. The van der Waals surface area contributed by atoms with Gasteiger partial charge in [0.1, 0.15) is 0 Å². The van der Waals surface area contributed by atoms with Crippen molar-refractivity contribution in [2.75, 3.05) is 23.4 Å². The van der Waals surface area contributed by atoms with Gasteiger partial charge in [0.25, 0.3) is 12.3 Å². The van der Waals surface area contributed by atoms with E-state index in [4.69, 9.17) is 0 Å². The van der Waals surface area contributed by atoms with Crippen molar-refractivity contribution < 1.29 is 23.5 Å². The molecule has 4 heterocycles. The van der Waals surface area contributed by atoms with Crippen molar-refractivity contribution in [3.63, 3.8) is 0 Å². The van der Waals surface area contributed by atoms with E-state index in [2.05, 4.69) is 15.2 Å². The van der Waals surface area contributed by atoms with Crippen LogP contribution >= 0.6 is 0 Å². The Kier molecular flexibility index (Phi) is 5.72. The Balaban J connectivity index is 1.28. The molecular formula is C26H27F2N5O3. The van der Waals surface area contributed by atoms with Crippen molar-refractivity contribution in [3.8, 4) is 0 Å². The first-order chi connectivity index (χ1) is 17.4. The molecule has 7 rings (SSSR count). The van der Waals surface area contributed by atoms with E-state index in [1.165, 1.54) is 31.0 Å². The number of fused-ring (bicyclic) bond motifs is 3. The zero-order valence-electron chi connectivity index (χ0n) is 19.6. The molecule has 2 bridgehead atoms. The highest BCUT2D eigenvalue weighted by molar-refractivity contribution is 6.05. The number of anilines is 2. The SMILES string of the molecule is O=C(Nc1nc2cc(N3CC4CC(C3=O)N4C3CC3)ccc2n1CCCO)c1cccc(C(F)F)c1. The third-order valence-electron chi connectivity index (χ3n) is 7.40. The summed E-state index contributed by atoms with van der Waals surface area (Å²) in [5.41, 5.74) is 2.00. The number of alkyl halides is 2. The summed E-state index contributed by atoms with van der Waals surface area (Å²) >= 11 is 0. The van der Waals surface area contributed by atoms with Crippen molar-refractivity contribution >= 4 is 34.5 Å². The molecule has 4 aliphatic rings. The summed E-state index contributed by atoms with van der Waals surface area (Å²) in [6.45, 7) is 1.03. The minimum Gasteiger partial charge on any atom is -0.396 e. The predicted molar refractivity (Wildman–Crippen MR) is 130 cm³/mol. The number of carbonyl (C=O) groups excluding carboxylic acids is 2. The number of aliphatic hydroxyl groups excluding tert-OH is 1. The van der Waals surface area contributed by atoms with Gasteiger partial charge in [-0.25, -0.2) is 13.8 Å². The molecule has 3 aromatic rings. The number of aromatic nitrogens is 2. The largest absolute Gasteiger partial charge is 0.396 e. The summed E-state index contributed by atoms with van der Waals surface area (Å²) in [5, 5.41) is 12.1. The summed E-state index contributed by atoms with van der Waals surface area (Å²) in [5.74, 6) is -0.170. The van der Waals surface area contributed by atoms with Crippen LogP contribution in [0, 0.1) is 0 Å². The molecule has 188 valence electrons. The van der Waals surface area contributed by atoms with E-state index in [-0.39, 0.29) is 35.6 Å². The summed E-state index contributed by atoms with van der Waals surface area (Å²) < 4.78 is 28.0. The maximum absolute atomic E-state index is 13.2. The van der Waals surface area contributed by atoms with Crippen LogP contribution in [0.15, 0.2) is 42.5 Å². The van der Waals surface area contributed by atoms with Gasteiger partial charge in [0.05, 0.1) is 17.1 Å². The normalized spacial score (nSPS) is 21.8. The van der Waals surface area contributed by atoms with Crippen molar-refractivity contribution in [1.29, 1.82) is 0 Å². The second-order valence-electron chi connectivity index (χ2n) is 9.75. The van der Waals surface area contributed by atoms with Crippen LogP contribution in [-0.4, -0.2) is 62.6 Å². The molecule has 2 unspecified atom stereocenters. The fourth-order valence-electron chi connectivity index (χ4n) is 5.48. The molecule has 2 atom stereocenters. The molecule has 2 aromatic carbocycles. The van der Waals surface area contributed by atoms with Gasteiger partial charge in [-0.3, -0.25) is 19.8 Å². The smallest absolute Gasteiger partial charge is 0.263 e. The Bertz CT molecular complexity index is 1340. The number of aliphatic hydroxyl groups is 1. The number of piperidine rings is 1. The van der Waals surface area contributed by atoms with E-state index in [1.807, 2.05) is 23.1 Å². The molecule has 10 heteroatoms. The molecule has 1 saturated carbocycles. The number of piperazine rings is 1. The molecule has 0 radical (unpaired) electrons. The van der Waals surface area contributed by atoms with Crippen LogP contribution in [0.5, 0.6) is 0 Å². The Morgan fingerprint density at radius 3 is 2.72 bits per heavy atom. The van der Waals surface area contributed by atoms with Crippen molar-refractivity contribution in [2.24, 2.45) is 0 Å². The van der Waals surface area contributed by atoms with E-state index < -0.39 is 12.3 Å². The number of nitrogens with one attached hydrogen (secondary N) is 1. The van der Waals surface area contributed by atoms with Crippen LogP contribution in [0.2, 0.25) is 0 Å². The molecule has 4 fully saturated rings. The summed E-state index contributed by atoms with van der Waals surface area (Å²) in [7, 11) is 0. The number of nitrogens with zero attached hydrogens (tertiary/aromatic N) is 4. The first-order valence-electron chi connectivity index (χ1n) is 12.3. The lowest BCUT2D eigenvalue weighted by atomic mass is 9.86. The van der Waals surface area contributed by atoms with E-state index in [1.54, 1.807) is 4.57 Å². The average molecular weight is 496 g/mol. The first kappa shape index (κ1) is 23.1. The molecule has 3 saturated heterocycles. The molecule has 2 amide bonds. The summed E-state index contributed by atoms with van der Waals surface area (Å²) in [6, 6.07) is 11.9. The second kappa shape index (κ2) is 8.94. The van der Waals surface area contributed by atoms with E-state index in [9.17, 15) is 23.5 Å². The standard InChI is InChI=1S/C26H27F2N5O3/c27-23(28)15-3-1-4-16(11-15)24(35)30-26-29-20-12-18(7-8-21(20)31(26)9-2-10-34)32-14-19-13-22(25(32)36)33(19)17-5-6-17/h1,3-4,7-8,11-12,17,19,22-23,34H,2,5-6,9-10,13-14H2,(H,29,30,35). The number of amides is 2. The monoisotopic (exact) mass is 495 g/mol. The molecule has 3 aliphatic heterocycles. The van der Waals surface area contributed by atoms with Crippen LogP contribution in [0.25, 0.3) is 11.0 Å².